The maximum atomic E-state index is 12.2. The van der Waals surface area contributed by atoms with E-state index >= 15 is 0 Å². The third-order valence-electron chi connectivity index (χ3n) is 3.53. The van der Waals surface area contributed by atoms with Crippen LogP contribution in [0.15, 0.2) is 0 Å². The van der Waals surface area contributed by atoms with Crippen LogP contribution in [0.4, 0.5) is 4.79 Å². The lowest BCUT2D eigenvalue weighted by atomic mass is 9.99. The molecule has 0 aromatic carbocycles. The number of hydrogen-bond donors (Lipinski definition) is 1. The molecule has 0 aromatic rings. The van der Waals surface area contributed by atoms with E-state index in [0.717, 1.165) is 32.1 Å². The number of alkyl carbamates (subject to hydrolysis) is 1. The van der Waals surface area contributed by atoms with E-state index in [-0.39, 0.29) is 17.8 Å². The monoisotopic (exact) mass is 315 g/mol. The Morgan fingerprint density at radius 2 is 1.68 bits per heavy atom. The zero-order valence-electron chi connectivity index (χ0n) is 14.8. The fraction of sp³-hybridized carbons (Fsp3) is 0.882. The van der Waals surface area contributed by atoms with E-state index in [9.17, 15) is 9.59 Å². The fourth-order valence-corrected chi connectivity index (χ4v) is 1.87. The van der Waals surface area contributed by atoms with E-state index in [2.05, 4.69) is 12.2 Å². The Morgan fingerprint density at radius 1 is 1.00 bits per heavy atom. The van der Waals surface area contributed by atoms with Crippen molar-refractivity contribution in [2.24, 2.45) is 11.8 Å². The number of unbranched alkanes of at least 4 members (excludes halogenated alkanes) is 3. The number of nitrogens with one attached hydrogen (secondary N) is 1. The minimum absolute atomic E-state index is 0.00902. The van der Waals surface area contributed by atoms with Gasteiger partial charge in [-0.2, -0.15) is 0 Å². The van der Waals surface area contributed by atoms with E-state index in [1.54, 1.807) is 0 Å². The summed E-state index contributed by atoms with van der Waals surface area (Å²) in [6.07, 6.45) is 4.44. The second kappa shape index (κ2) is 12.3. The second-order valence-corrected chi connectivity index (χ2v) is 6.23. The molecule has 0 heterocycles. The maximum absolute atomic E-state index is 12.2. The number of amides is 1. The van der Waals surface area contributed by atoms with E-state index in [0.29, 0.717) is 13.2 Å². The molecule has 0 spiro atoms. The first-order chi connectivity index (χ1) is 10.4. The topological polar surface area (TPSA) is 64.6 Å². The molecule has 1 N–H and O–H groups in total. The normalized spacial score (nSPS) is 13.5. The molecule has 0 radical (unpaired) electrons. The molecule has 0 aliphatic rings. The van der Waals surface area contributed by atoms with E-state index in [1.165, 1.54) is 0 Å². The summed E-state index contributed by atoms with van der Waals surface area (Å²) in [5.41, 5.74) is 0. The maximum Gasteiger partial charge on any atom is 0.407 e. The number of carbonyl (C=O) groups excluding carboxylic acids is 2. The van der Waals surface area contributed by atoms with Gasteiger partial charge in [-0.25, -0.2) is 9.59 Å². The average molecular weight is 315 g/mol. The first kappa shape index (κ1) is 20.7. The van der Waals surface area contributed by atoms with Crippen LogP contribution in [0.1, 0.15) is 66.7 Å². The molecule has 2 unspecified atom stereocenters. The Hall–Kier alpha value is -1.26. The van der Waals surface area contributed by atoms with Crippen molar-refractivity contribution in [3.8, 4) is 0 Å². The molecule has 0 aromatic heterocycles. The molecular formula is C17H33NO4. The molecular weight excluding hydrogens is 282 g/mol. The van der Waals surface area contributed by atoms with E-state index in [4.69, 9.17) is 9.47 Å². The Balaban J connectivity index is 4.31. The summed E-state index contributed by atoms with van der Waals surface area (Å²) in [6.45, 7) is 10.7. The zero-order valence-corrected chi connectivity index (χ0v) is 14.8. The highest BCUT2D eigenvalue weighted by Crippen LogP contribution is 2.11. The highest BCUT2D eigenvalue weighted by molar-refractivity contribution is 5.81. The number of hydrogen-bond acceptors (Lipinski definition) is 4. The number of esters is 1. The first-order valence-electron chi connectivity index (χ1n) is 8.52. The summed E-state index contributed by atoms with van der Waals surface area (Å²) in [7, 11) is 0. The zero-order chi connectivity index (χ0) is 17.0. The number of ether oxygens (including phenoxy) is 2. The summed E-state index contributed by atoms with van der Waals surface area (Å²) in [6, 6.07) is -0.643. The van der Waals surface area contributed by atoms with Crippen LogP contribution < -0.4 is 5.32 Å². The van der Waals surface area contributed by atoms with Gasteiger partial charge in [0.2, 0.25) is 0 Å². The SMILES string of the molecule is CCCCCCOC(=O)C(NC(=O)OCC(C)C)C(C)CC. The number of carbonyl (C=O) groups is 2. The highest BCUT2D eigenvalue weighted by Gasteiger charge is 2.27. The van der Waals surface area contributed by atoms with Crippen LogP contribution >= 0.6 is 0 Å². The minimum Gasteiger partial charge on any atom is -0.464 e. The van der Waals surface area contributed by atoms with Gasteiger partial charge in [0.1, 0.15) is 6.04 Å². The van der Waals surface area contributed by atoms with Gasteiger partial charge in [-0.15, -0.1) is 0 Å². The van der Waals surface area contributed by atoms with Crippen molar-refractivity contribution in [2.45, 2.75) is 72.8 Å². The largest absolute Gasteiger partial charge is 0.464 e. The first-order valence-corrected chi connectivity index (χ1v) is 8.52. The van der Waals surface area contributed by atoms with Crippen molar-refractivity contribution >= 4 is 12.1 Å². The summed E-state index contributed by atoms with van der Waals surface area (Å²) < 4.78 is 10.4. The van der Waals surface area contributed by atoms with E-state index < -0.39 is 12.1 Å². The summed E-state index contributed by atoms with van der Waals surface area (Å²) in [4.78, 5) is 23.9. The van der Waals surface area contributed by atoms with Crippen molar-refractivity contribution in [3.05, 3.63) is 0 Å². The molecule has 5 nitrogen and oxygen atoms in total. The Morgan fingerprint density at radius 3 is 2.23 bits per heavy atom. The Labute approximate surface area is 135 Å². The van der Waals surface area contributed by atoms with Gasteiger partial charge in [-0.05, 0) is 18.3 Å². The molecule has 130 valence electrons. The van der Waals surface area contributed by atoms with Crippen LogP contribution in [0, 0.1) is 11.8 Å². The molecule has 0 aliphatic heterocycles. The smallest absolute Gasteiger partial charge is 0.407 e. The molecule has 5 heteroatoms. The van der Waals surface area contributed by atoms with Crippen LogP contribution in [0.25, 0.3) is 0 Å². The predicted octanol–water partition coefficient (Wildman–Crippen LogP) is 3.91. The van der Waals surface area contributed by atoms with Crippen molar-refractivity contribution < 1.29 is 19.1 Å². The van der Waals surface area contributed by atoms with Crippen molar-refractivity contribution in [1.82, 2.24) is 5.32 Å². The molecule has 1 amide bonds. The second-order valence-electron chi connectivity index (χ2n) is 6.23. The lowest BCUT2D eigenvalue weighted by Gasteiger charge is -2.22. The lowest BCUT2D eigenvalue weighted by Crippen LogP contribution is -2.46. The fourth-order valence-electron chi connectivity index (χ4n) is 1.87. The summed E-state index contributed by atoms with van der Waals surface area (Å²) in [5.74, 6) is -0.0968. The van der Waals surface area contributed by atoms with Gasteiger partial charge in [-0.3, -0.25) is 0 Å². The predicted molar refractivity (Wildman–Crippen MR) is 87.7 cm³/mol. The van der Waals surface area contributed by atoms with Gasteiger partial charge in [0.25, 0.3) is 0 Å². The minimum atomic E-state index is -0.643. The van der Waals surface area contributed by atoms with Crippen LogP contribution in [0.2, 0.25) is 0 Å². The van der Waals surface area contributed by atoms with Crippen LogP contribution in [-0.2, 0) is 14.3 Å². The molecule has 2 atom stereocenters. The van der Waals surface area contributed by atoms with Crippen LogP contribution in [-0.4, -0.2) is 31.3 Å². The van der Waals surface area contributed by atoms with Crippen molar-refractivity contribution in [2.75, 3.05) is 13.2 Å². The third-order valence-corrected chi connectivity index (χ3v) is 3.53. The van der Waals surface area contributed by atoms with Crippen LogP contribution in [0.3, 0.4) is 0 Å². The van der Waals surface area contributed by atoms with Crippen LogP contribution in [0.5, 0.6) is 0 Å². The van der Waals surface area contributed by atoms with Gasteiger partial charge < -0.3 is 14.8 Å². The molecule has 22 heavy (non-hydrogen) atoms. The molecule has 0 aliphatic carbocycles. The van der Waals surface area contributed by atoms with Gasteiger partial charge >= 0.3 is 12.1 Å². The number of rotatable bonds is 11. The standard InChI is InChI=1S/C17H33NO4/c1-6-8-9-10-11-21-16(19)15(14(5)7-2)18-17(20)22-12-13(3)4/h13-15H,6-12H2,1-5H3,(H,18,20). The molecule has 0 saturated heterocycles. The summed E-state index contributed by atoms with van der Waals surface area (Å²) in [5, 5.41) is 2.64. The molecule has 0 saturated carbocycles. The summed E-state index contributed by atoms with van der Waals surface area (Å²) >= 11 is 0. The van der Waals surface area contributed by atoms with E-state index in [1.807, 2.05) is 27.7 Å². The Bertz CT molecular complexity index is 318. The quantitative estimate of drug-likeness (QED) is 0.464. The average Bonchev–Trinajstić information content (AvgIpc) is 2.49. The van der Waals surface area contributed by atoms with Crippen molar-refractivity contribution in [3.63, 3.8) is 0 Å². The molecule has 0 rings (SSSR count). The third kappa shape index (κ3) is 9.64. The van der Waals surface area contributed by atoms with Gasteiger partial charge in [0.15, 0.2) is 0 Å². The molecule has 0 fully saturated rings. The Kier molecular flexibility index (Phi) is 11.6. The molecule has 0 bridgehead atoms. The van der Waals surface area contributed by atoms with Gasteiger partial charge in [0.05, 0.1) is 13.2 Å². The van der Waals surface area contributed by atoms with Gasteiger partial charge in [-0.1, -0.05) is 60.3 Å². The lowest BCUT2D eigenvalue weighted by molar-refractivity contribution is -0.147. The van der Waals surface area contributed by atoms with Crippen molar-refractivity contribution in [1.29, 1.82) is 0 Å². The highest BCUT2D eigenvalue weighted by atomic mass is 16.6. The van der Waals surface area contributed by atoms with Gasteiger partial charge in [0, 0.05) is 0 Å².